The summed E-state index contributed by atoms with van der Waals surface area (Å²) < 4.78 is 2.05. The van der Waals surface area contributed by atoms with Crippen molar-refractivity contribution < 1.29 is 9.85 Å². The maximum atomic E-state index is 13.7. The van der Waals surface area contributed by atoms with Gasteiger partial charge in [0.25, 0.3) is 16.9 Å². The van der Waals surface area contributed by atoms with Gasteiger partial charge in [-0.3, -0.25) is 29.6 Å². The van der Waals surface area contributed by atoms with E-state index in [1.54, 1.807) is 28.8 Å². The number of hydrogen-bond donors (Lipinski definition) is 0. The quantitative estimate of drug-likeness (QED) is 0.302. The van der Waals surface area contributed by atoms with Crippen molar-refractivity contribution in [1.29, 1.82) is 0 Å². The molecule has 0 N–H and O–H groups in total. The Hall–Kier alpha value is -4.70. The number of thiazole rings is 1. The van der Waals surface area contributed by atoms with Crippen LogP contribution in [-0.4, -0.2) is 14.4 Å². The number of nitro groups is 2. The number of allylic oxidation sites excluding steroid dienone is 1. The Morgan fingerprint density at radius 1 is 0.919 bits per heavy atom. The molecule has 2 aliphatic rings. The molecule has 0 saturated carbocycles. The minimum atomic E-state index is -0.529. The van der Waals surface area contributed by atoms with Gasteiger partial charge in [-0.25, -0.2) is 4.99 Å². The van der Waals surface area contributed by atoms with Crippen molar-refractivity contribution in [1.82, 2.24) is 4.57 Å². The van der Waals surface area contributed by atoms with Gasteiger partial charge in [0.2, 0.25) is 0 Å². The Morgan fingerprint density at radius 3 is 2.43 bits per heavy atom. The lowest BCUT2D eigenvalue weighted by molar-refractivity contribution is -0.385. The molecule has 2 heterocycles. The lowest BCUT2D eigenvalue weighted by Gasteiger charge is -2.30. The van der Waals surface area contributed by atoms with Gasteiger partial charge in [0.15, 0.2) is 4.80 Å². The molecule has 1 aliphatic carbocycles. The van der Waals surface area contributed by atoms with Crippen LogP contribution in [-0.2, 0) is 6.42 Å². The molecule has 10 heteroatoms. The van der Waals surface area contributed by atoms with Gasteiger partial charge in [-0.2, -0.15) is 0 Å². The maximum absolute atomic E-state index is 13.7. The molecule has 1 unspecified atom stereocenters. The average Bonchev–Trinajstić information content (AvgIpc) is 3.22. The van der Waals surface area contributed by atoms with Crippen LogP contribution in [0.4, 0.5) is 11.4 Å². The van der Waals surface area contributed by atoms with Crippen molar-refractivity contribution in [3.8, 4) is 0 Å². The van der Waals surface area contributed by atoms with Gasteiger partial charge in [0.1, 0.15) is 0 Å². The second-order valence-electron chi connectivity index (χ2n) is 8.81. The van der Waals surface area contributed by atoms with Crippen LogP contribution in [0.3, 0.4) is 0 Å². The Labute approximate surface area is 213 Å². The molecule has 1 aliphatic heterocycles. The Kier molecular flexibility index (Phi) is 5.38. The fourth-order valence-corrected chi connectivity index (χ4v) is 5.98. The lowest BCUT2D eigenvalue weighted by atomic mass is 9.83. The first-order valence-corrected chi connectivity index (χ1v) is 12.3. The standard InChI is InChI=1S/C27H18N4O5S/c32-26-23(14-16-8-11-19(12-9-16)30(33)34)37-27-28-24-21-7-2-1-4-17(21)10-13-22(24)25(29(26)27)18-5-3-6-20(15-18)31(35)36/h1-9,11-12,14-15,25H,10,13H2. The highest BCUT2D eigenvalue weighted by atomic mass is 32.1. The third-order valence-corrected chi connectivity index (χ3v) is 7.65. The number of aryl methyl sites for hydroxylation is 1. The van der Waals surface area contributed by atoms with E-state index < -0.39 is 15.9 Å². The largest absolute Gasteiger partial charge is 0.272 e. The minimum absolute atomic E-state index is 0.0318. The molecule has 4 aromatic rings. The smallest absolute Gasteiger partial charge is 0.271 e. The highest BCUT2D eigenvalue weighted by Crippen LogP contribution is 2.41. The minimum Gasteiger partial charge on any atom is -0.272 e. The Morgan fingerprint density at radius 2 is 1.68 bits per heavy atom. The topological polar surface area (TPSA) is 121 Å². The van der Waals surface area contributed by atoms with Gasteiger partial charge in [-0.1, -0.05) is 47.7 Å². The fourth-order valence-electron chi connectivity index (χ4n) is 4.97. The highest BCUT2D eigenvalue weighted by molar-refractivity contribution is 7.07. The molecule has 0 amide bonds. The molecule has 3 aromatic carbocycles. The van der Waals surface area contributed by atoms with E-state index in [0.717, 1.165) is 23.3 Å². The predicted molar refractivity (Wildman–Crippen MR) is 139 cm³/mol. The Bertz CT molecular complexity index is 1820. The summed E-state index contributed by atoms with van der Waals surface area (Å²) in [6.07, 6.45) is 3.15. The first-order valence-electron chi connectivity index (χ1n) is 11.5. The summed E-state index contributed by atoms with van der Waals surface area (Å²) in [4.78, 5) is 40.8. The van der Waals surface area contributed by atoms with E-state index >= 15 is 0 Å². The first-order chi connectivity index (χ1) is 17.9. The number of nitro benzene ring substituents is 2. The summed E-state index contributed by atoms with van der Waals surface area (Å²) in [5, 5.41) is 22.5. The number of rotatable bonds is 4. The zero-order valence-corrected chi connectivity index (χ0v) is 20.1. The molecule has 0 spiro atoms. The summed E-state index contributed by atoms with van der Waals surface area (Å²) in [5.74, 6) is 0. The number of hydrogen-bond acceptors (Lipinski definition) is 7. The molecule has 1 atom stereocenters. The van der Waals surface area contributed by atoms with Gasteiger partial charge >= 0.3 is 0 Å². The second-order valence-corrected chi connectivity index (χ2v) is 9.82. The number of non-ortho nitro benzene ring substituents is 2. The van der Waals surface area contributed by atoms with Crippen molar-refractivity contribution in [2.75, 3.05) is 0 Å². The summed E-state index contributed by atoms with van der Waals surface area (Å²) in [6.45, 7) is 0. The molecule has 37 heavy (non-hydrogen) atoms. The van der Waals surface area contributed by atoms with Crippen molar-refractivity contribution in [2.45, 2.75) is 18.9 Å². The van der Waals surface area contributed by atoms with Crippen LogP contribution in [0, 0.1) is 20.2 Å². The normalized spacial score (nSPS) is 16.4. The predicted octanol–water partition coefficient (Wildman–Crippen LogP) is 4.14. The molecular weight excluding hydrogens is 492 g/mol. The fraction of sp³-hybridized carbons (Fsp3) is 0.111. The summed E-state index contributed by atoms with van der Waals surface area (Å²) in [5.41, 5.74) is 4.91. The van der Waals surface area contributed by atoms with Crippen molar-refractivity contribution in [3.63, 3.8) is 0 Å². The second kappa shape index (κ2) is 8.75. The maximum Gasteiger partial charge on any atom is 0.271 e. The van der Waals surface area contributed by atoms with Crippen LogP contribution in [0.15, 0.2) is 88.2 Å². The molecule has 0 fully saturated rings. The van der Waals surface area contributed by atoms with E-state index in [0.29, 0.717) is 26.9 Å². The summed E-state index contributed by atoms with van der Waals surface area (Å²) >= 11 is 1.23. The molecular formula is C27H18N4O5S. The molecule has 0 radical (unpaired) electrons. The van der Waals surface area contributed by atoms with Crippen LogP contribution in [0.5, 0.6) is 0 Å². The van der Waals surface area contributed by atoms with Gasteiger partial charge in [0, 0.05) is 29.8 Å². The molecule has 6 rings (SSSR count). The third-order valence-electron chi connectivity index (χ3n) is 6.67. The highest BCUT2D eigenvalue weighted by Gasteiger charge is 2.33. The zero-order chi connectivity index (χ0) is 25.7. The molecule has 0 saturated heterocycles. The average molecular weight is 511 g/mol. The van der Waals surface area contributed by atoms with E-state index in [1.807, 2.05) is 24.3 Å². The lowest BCUT2D eigenvalue weighted by Crippen LogP contribution is -2.38. The van der Waals surface area contributed by atoms with Crippen molar-refractivity contribution in [2.24, 2.45) is 4.99 Å². The van der Waals surface area contributed by atoms with Crippen molar-refractivity contribution >= 4 is 34.5 Å². The summed E-state index contributed by atoms with van der Waals surface area (Å²) in [6, 6.07) is 19.9. The Balaban J connectivity index is 1.59. The molecule has 9 nitrogen and oxygen atoms in total. The number of nitrogens with zero attached hydrogens (tertiary/aromatic N) is 4. The third kappa shape index (κ3) is 3.87. The van der Waals surface area contributed by atoms with Crippen LogP contribution in [0.2, 0.25) is 0 Å². The molecule has 182 valence electrons. The van der Waals surface area contributed by atoms with Crippen LogP contribution >= 0.6 is 11.3 Å². The van der Waals surface area contributed by atoms with E-state index in [-0.39, 0.29) is 16.9 Å². The summed E-state index contributed by atoms with van der Waals surface area (Å²) in [7, 11) is 0. The van der Waals surface area contributed by atoms with E-state index in [1.165, 1.54) is 41.2 Å². The monoisotopic (exact) mass is 510 g/mol. The first kappa shape index (κ1) is 22.7. The zero-order valence-electron chi connectivity index (χ0n) is 19.2. The number of benzene rings is 3. The number of aromatic nitrogens is 1. The van der Waals surface area contributed by atoms with Crippen LogP contribution in [0.25, 0.3) is 11.8 Å². The van der Waals surface area contributed by atoms with Gasteiger partial charge in [0.05, 0.1) is 26.1 Å². The van der Waals surface area contributed by atoms with Crippen molar-refractivity contribution in [3.05, 3.63) is 141 Å². The van der Waals surface area contributed by atoms with E-state index in [4.69, 9.17) is 4.99 Å². The van der Waals surface area contributed by atoms with Crippen LogP contribution in [0.1, 0.15) is 34.7 Å². The van der Waals surface area contributed by atoms with Crippen LogP contribution < -0.4 is 14.9 Å². The van der Waals surface area contributed by atoms with E-state index in [2.05, 4.69) is 6.07 Å². The van der Waals surface area contributed by atoms with E-state index in [9.17, 15) is 25.0 Å². The van der Waals surface area contributed by atoms with Gasteiger partial charge in [-0.05, 0) is 53.3 Å². The SMILES string of the molecule is O=c1c(=Cc2ccc([N+](=O)[O-])cc2)sc2n1C(c1cccc([N+](=O)[O-])c1)C1=C(N=2)c2ccccc2CC1. The molecule has 0 bridgehead atoms. The molecule has 1 aromatic heterocycles. The van der Waals surface area contributed by atoms with Gasteiger partial charge < -0.3 is 0 Å². The van der Waals surface area contributed by atoms with Gasteiger partial charge in [-0.15, -0.1) is 0 Å². The number of fused-ring (bicyclic) bond motifs is 3.